The van der Waals surface area contributed by atoms with E-state index in [4.69, 9.17) is 10.1 Å². The van der Waals surface area contributed by atoms with E-state index in [-0.39, 0.29) is 0 Å². The molecule has 0 amide bonds. The summed E-state index contributed by atoms with van der Waals surface area (Å²) in [6.45, 7) is 0. The summed E-state index contributed by atoms with van der Waals surface area (Å²) >= 11 is 0. The van der Waals surface area contributed by atoms with E-state index in [1.54, 1.807) is 6.07 Å². The summed E-state index contributed by atoms with van der Waals surface area (Å²) in [6, 6.07) is 1.57. The van der Waals surface area contributed by atoms with Crippen molar-refractivity contribution < 1.29 is 4.79 Å². The van der Waals surface area contributed by atoms with Crippen LogP contribution in [0.1, 0.15) is 0 Å². The lowest BCUT2D eigenvalue weighted by atomic mass is 10.7. The first-order chi connectivity index (χ1) is 2.91. The van der Waals surface area contributed by atoms with Gasteiger partial charge >= 0.3 is 0 Å². The Kier molecular flexibility index (Phi) is 2.93. The Labute approximate surface area is 35.0 Å². The molecule has 0 aliphatic rings. The molecule has 0 aromatic carbocycles. The minimum absolute atomic E-state index is 0.938. The number of hydrogen-bond acceptors (Lipinski definition) is 2. The number of carbonyl (C=O) groups excluding carboxylic acids is 1. The van der Waals surface area contributed by atoms with Gasteiger partial charge in [-0.15, -0.1) is 0 Å². The van der Waals surface area contributed by atoms with E-state index >= 15 is 0 Å². The summed E-state index contributed by atoms with van der Waals surface area (Å²) in [5.41, 5.74) is 1.91. The summed E-state index contributed by atoms with van der Waals surface area (Å²) < 4.78 is 0. The standard InChI is InChI=1S/C4HNO/c5-3-1-2-4-6/h1H. The lowest BCUT2D eigenvalue weighted by molar-refractivity contribution is 0.569. The maximum Gasteiger partial charge on any atom is 0.177 e. The van der Waals surface area contributed by atoms with Crippen molar-refractivity contribution >= 4 is 5.94 Å². The van der Waals surface area contributed by atoms with Gasteiger partial charge in [-0.1, -0.05) is 0 Å². The molecule has 0 aliphatic carbocycles. The van der Waals surface area contributed by atoms with E-state index < -0.39 is 0 Å². The van der Waals surface area contributed by atoms with Gasteiger partial charge in [0.15, 0.2) is 5.94 Å². The molecular formula is C4HNO. The third-order valence-corrected chi connectivity index (χ3v) is 0.196. The predicted octanol–water partition coefficient (Wildman–Crippen LogP) is 0.0529. The first-order valence-corrected chi connectivity index (χ1v) is 1.26. The number of hydrogen-bond donors (Lipinski definition) is 0. The Morgan fingerprint density at radius 1 is 1.67 bits per heavy atom. The van der Waals surface area contributed by atoms with Gasteiger partial charge in [0.05, 0.1) is 6.08 Å². The van der Waals surface area contributed by atoms with Gasteiger partial charge in [0, 0.05) is 0 Å². The molecule has 0 atom stereocenters. The van der Waals surface area contributed by atoms with Crippen molar-refractivity contribution in [1.82, 2.24) is 0 Å². The van der Waals surface area contributed by atoms with Crippen LogP contribution in [0.2, 0.25) is 0 Å². The molecule has 0 N–H and O–H groups in total. The minimum atomic E-state index is 0.938. The fraction of sp³-hybridized carbons (Fsp3) is 0. The number of allylic oxidation sites excluding steroid dienone is 1. The summed E-state index contributed by atoms with van der Waals surface area (Å²) in [7, 11) is 0. The zero-order valence-electron chi connectivity index (χ0n) is 2.93. The van der Waals surface area contributed by atoms with E-state index in [0.717, 1.165) is 6.08 Å². The van der Waals surface area contributed by atoms with Gasteiger partial charge in [0.2, 0.25) is 0 Å². The quantitative estimate of drug-likeness (QED) is 0.234. The van der Waals surface area contributed by atoms with E-state index in [2.05, 4.69) is 0 Å². The van der Waals surface area contributed by atoms with Crippen LogP contribution in [-0.2, 0) is 4.79 Å². The van der Waals surface area contributed by atoms with Gasteiger partial charge in [0.1, 0.15) is 6.07 Å². The second kappa shape index (κ2) is 3.72. The molecule has 0 aliphatic heterocycles. The zero-order chi connectivity index (χ0) is 4.83. The fourth-order valence-corrected chi connectivity index (χ4v) is 0.0617. The Morgan fingerprint density at radius 2 is 2.33 bits per heavy atom. The Hall–Kier alpha value is -1.28. The van der Waals surface area contributed by atoms with Crippen LogP contribution in [0.25, 0.3) is 0 Å². The molecule has 0 heterocycles. The van der Waals surface area contributed by atoms with Crippen LogP contribution in [0.15, 0.2) is 11.8 Å². The van der Waals surface area contributed by atoms with E-state index in [0.29, 0.717) is 0 Å². The summed E-state index contributed by atoms with van der Waals surface area (Å²) in [6.07, 6.45) is 0.938. The lowest BCUT2D eigenvalue weighted by Crippen LogP contribution is -1.36. The van der Waals surface area contributed by atoms with Crippen molar-refractivity contribution in [1.29, 1.82) is 5.26 Å². The van der Waals surface area contributed by atoms with Crippen LogP contribution >= 0.6 is 0 Å². The molecule has 2 nitrogen and oxygen atoms in total. The molecule has 0 rings (SSSR count). The highest BCUT2D eigenvalue weighted by Crippen LogP contribution is 1.48. The molecule has 0 radical (unpaired) electrons. The SMILES string of the molecule is N#CC=C=C=O. The first-order valence-electron chi connectivity index (χ1n) is 1.26. The maximum absolute atomic E-state index is 9.15. The van der Waals surface area contributed by atoms with Crippen LogP contribution in [0.3, 0.4) is 0 Å². The topological polar surface area (TPSA) is 40.9 Å². The van der Waals surface area contributed by atoms with Crippen molar-refractivity contribution in [2.24, 2.45) is 0 Å². The number of nitriles is 1. The average Bonchev–Trinajstić information content (AvgIpc) is 1.61. The minimum Gasteiger partial charge on any atom is -0.224 e. The molecule has 0 unspecified atom stereocenters. The van der Waals surface area contributed by atoms with Gasteiger partial charge < -0.3 is 0 Å². The molecule has 2 heteroatoms. The van der Waals surface area contributed by atoms with E-state index in [1.165, 1.54) is 5.94 Å². The maximum atomic E-state index is 9.15. The molecule has 0 spiro atoms. The van der Waals surface area contributed by atoms with E-state index in [1.807, 2.05) is 5.73 Å². The van der Waals surface area contributed by atoms with Gasteiger partial charge in [-0.3, -0.25) is 0 Å². The normalized spacial score (nSPS) is 3.83. The van der Waals surface area contributed by atoms with E-state index in [9.17, 15) is 0 Å². The van der Waals surface area contributed by atoms with Crippen molar-refractivity contribution in [2.75, 3.05) is 0 Å². The molecule has 28 valence electrons. The van der Waals surface area contributed by atoms with Crippen LogP contribution in [0.4, 0.5) is 0 Å². The van der Waals surface area contributed by atoms with Crippen LogP contribution in [0.5, 0.6) is 0 Å². The second-order valence-corrected chi connectivity index (χ2v) is 0.520. The van der Waals surface area contributed by atoms with Gasteiger partial charge in [-0.25, -0.2) is 4.79 Å². The highest BCUT2D eigenvalue weighted by molar-refractivity contribution is 5.44. The highest BCUT2D eigenvalue weighted by Gasteiger charge is 1.46. The first kappa shape index (κ1) is 4.72. The predicted molar refractivity (Wildman–Crippen MR) is 19.4 cm³/mol. The number of rotatable bonds is 0. The lowest BCUT2D eigenvalue weighted by Gasteiger charge is -1.35. The fourth-order valence-electron chi connectivity index (χ4n) is 0.0617. The number of nitrogens with zero attached hydrogens (tertiary/aromatic N) is 1. The molecule has 6 heavy (non-hydrogen) atoms. The van der Waals surface area contributed by atoms with Crippen molar-refractivity contribution in [3.05, 3.63) is 11.8 Å². The Bertz CT molecular complexity index is 141. The van der Waals surface area contributed by atoms with Gasteiger partial charge in [-0.2, -0.15) is 5.26 Å². The van der Waals surface area contributed by atoms with Crippen molar-refractivity contribution in [3.63, 3.8) is 0 Å². The zero-order valence-corrected chi connectivity index (χ0v) is 2.93. The van der Waals surface area contributed by atoms with Gasteiger partial charge in [0.25, 0.3) is 0 Å². The summed E-state index contributed by atoms with van der Waals surface area (Å²) in [4.78, 5) is 9.15. The average molecular weight is 79.1 g/mol. The molecule has 0 bridgehead atoms. The molecular weight excluding hydrogens is 78.0 g/mol. The Balaban J connectivity index is 3.91. The van der Waals surface area contributed by atoms with Crippen LogP contribution in [-0.4, -0.2) is 5.94 Å². The smallest absolute Gasteiger partial charge is 0.177 e. The van der Waals surface area contributed by atoms with Crippen LogP contribution in [0, 0.1) is 11.3 Å². The molecule has 0 aromatic heterocycles. The summed E-state index contributed by atoms with van der Waals surface area (Å²) in [5.74, 6) is 1.29. The monoisotopic (exact) mass is 79.0 g/mol. The third-order valence-electron chi connectivity index (χ3n) is 0.196. The summed E-state index contributed by atoms with van der Waals surface area (Å²) in [5, 5.41) is 7.65. The highest BCUT2D eigenvalue weighted by atomic mass is 16.1. The van der Waals surface area contributed by atoms with Gasteiger partial charge in [-0.05, 0) is 5.73 Å². The second-order valence-electron chi connectivity index (χ2n) is 0.520. The van der Waals surface area contributed by atoms with Crippen LogP contribution < -0.4 is 0 Å². The largest absolute Gasteiger partial charge is 0.224 e. The Morgan fingerprint density at radius 3 is 2.50 bits per heavy atom. The molecule has 0 saturated heterocycles. The van der Waals surface area contributed by atoms with Crippen molar-refractivity contribution in [2.45, 2.75) is 0 Å². The van der Waals surface area contributed by atoms with Crippen molar-refractivity contribution in [3.8, 4) is 6.07 Å². The molecule has 0 aromatic rings. The third kappa shape index (κ3) is 2.72. The molecule has 0 fully saturated rings. The molecule has 0 saturated carbocycles.